The second-order valence-electron chi connectivity index (χ2n) is 8.57. The molecule has 1 fully saturated rings. The van der Waals surface area contributed by atoms with Gasteiger partial charge in [-0.25, -0.2) is 18.8 Å². The van der Waals surface area contributed by atoms with E-state index in [1.54, 1.807) is 13.2 Å². The molecule has 202 valence electrons. The Morgan fingerprint density at radius 1 is 1.26 bits per heavy atom. The zero-order valence-corrected chi connectivity index (χ0v) is 22.4. The normalized spacial score (nSPS) is 14.7. The summed E-state index contributed by atoms with van der Waals surface area (Å²) in [4.78, 5) is 31.1. The summed E-state index contributed by atoms with van der Waals surface area (Å²) in [5, 5.41) is 2.49. The first-order valence-electron chi connectivity index (χ1n) is 11.7. The molecule has 7 N–H and O–H groups in total. The van der Waals surface area contributed by atoms with Gasteiger partial charge in [-0.1, -0.05) is 0 Å². The number of carbonyl (C=O) groups excluding carboxylic acids is 1. The highest BCUT2D eigenvalue weighted by Gasteiger charge is 2.33. The fraction of sp³-hybridized carbons (Fsp3) is 0.320. The van der Waals surface area contributed by atoms with Crippen LogP contribution in [0.4, 0.5) is 26.2 Å². The number of carbonyl (C=O) groups is 1. The van der Waals surface area contributed by atoms with Crippen molar-refractivity contribution in [3.05, 3.63) is 53.0 Å². The summed E-state index contributed by atoms with van der Waals surface area (Å²) in [6.45, 7) is 1.54. The number of aliphatic imine (C=N–C) groups is 2. The standard InChI is InChI=1S/C25H31F2N9OS/c1-13(29)7-19(30)33-24-21(14-5-6-14)22(15(10-28)11-32-12-20(37)31-2)34-25(35-24)36(3)23-17(26)8-16(38-4)9-18(23)27/h7-11,14H,5-6,12,28-29H2,1-4H3,(H,31,37)(H2,30,33,34,35)/b13-7-,15-10+,32-11?. The smallest absolute Gasteiger partial charge is 0.241 e. The fourth-order valence-corrected chi connectivity index (χ4v) is 4.05. The van der Waals surface area contributed by atoms with Gasteiger partial charge in [0.1, 0.15) is 18.1 Å². The molecule has 1 aliphatic carbocycles. The lowest BCUT2D eigenvalue weighted by Crippen LogP contribution is -2.20. The van der Waals surface area contributed by atoms with Crippen LogP contribution in [0.25, 0.3) is 5.57 Å². The third-order valence-electron chi connectivity index (χ3n) is 5.57. The summed E-state index contributed by atoms with van der Waals surface area (Å²) in [7, 11) is 2.95. The van der Waals surface area contributed by atoms with Gasteiger partial charge in [-0.3, -0.25) is 9.79 Å². The molecule has 1 aromatic heterocycles. The molecule has 0 atom stereocenters. The number of hydrogen-bond acceptors (Lipinski definition) is 9. The number of nitrogens with one attached hydrogen (secondary N) is 1. The van der Waals surface area contributed by atoms with E-state index in [0.29, 0.717) is 27.4 Å². The first-order chi connectivity index (χ1) is 18.1. The molecule has 1 heterocycles. The molecule has 0 radical (unpaired) electrons. The van der Waals surface area contributed by atoms with Crippen molar-refractivity contribution in [3.63, 3.8) is 0 Å². The van der Waals surface area contributed by atoms with Crippen LogP contribution in [0.5, 0.6) is 0 Å². The van der Waals surface area contributed by atoms with Crippen LogP contribution >= 0.6 is 11.8 Å². The highest BCUT2D eigenvalue weighted by molar-refractivity contribution is 7.98. The van der Waals surface area contributed by atoms with E-state index in [1.165, 1.54) is 61.4 Å². The quantitative estimate of drug-likeness (QED) is 0.202. The van der Waals surface area contributed by atoms with Gasteiger partial charge in [0.05, 0.1) is 5.69 Å². The van der Waals surface area contributed by atoms with Crippen molar-refractivity contribution in [1.29, 1.82) is 0 Å². The van der Waals surface area contributed by atoms with E-state index in [9.17, 15) is 13.6 Å². The van der Waals surface area contributed by atoms with Gasteiger partial charge in [-0.05, 0) is 50.1 Å². The molecule has 1 aromatic carbocycles. The molecule has 0 aliphatic heterocycles. The van der Waals surface area contributed by atoms with E-state index in [0.717, 1.165) is 12.8 Å². The highest BCUT2D eigenvalue weighted by atomic mass is 32.2. The van der Waals surface area contributed by atoms with Crippen LogP contribution < -0.4 is 27.4 Å². The van der Waals surface area contributed by atoms with Crippen LogP contribution in [0.2, 0.25) is 0 Å². The van der Waals surface area contributed by atoms with Crippen molar-refractivity contribution in [3.8, 4) is 0 Å². The Labute approximate surface area is 224 Å². The van der Waals surface area contributed by atoms with E-state index in [-0.39, 0.29) is 41.7 Å². The number of anilines is 2. The maximum Gasteiger partial charge on any atom is 0.241 e. The minimum Gasteiger partial charge on any atom is -0.404 e. The minimum atomic E-state index is -0.777. The van der Waals surface area contributed by atoms with Gasteiger partial charge < -0.3 is 27.4 Å². The van der Waals surface area contributed by atoms with Crippen molar-refractivity contribution in [2.24, 2.45) is 27.2 Å². The molecule has 1 saturated carbocycles. The maximum atomic E-state index is 15.0. The van der Waals surface area contributed by atoms with Gasteiger partial charge >= 0.3 is 0 Å². The summed E-state index contributed by atoms with van der Waals surface area (Å²) in [5.74, 6) is -1.51. The lowest BCUT2D eigenvalue weighted by Gasteiger charge is -2.22. The number of rotatable bonds is 10. The number of aromatic nitrogens is 2. The molecule has 0 saturated heterocycles. The van der Waals surface area contributed by atoms with Crippen LogP contribution in [0.1, 0.15) is 36.9 Å². The number of amides is 1. The average molecular weight is 544 g/mol. The number of hydrogen-bond donors (Lipinski definition) is 4. The van der Waals surface area contributed by atoms with E-state index in [2.05, 4.69) is 25.3 Å². The average Bonchev–Trinajstić information content (AvgIpc) is 3.70. The van der Waals surface area contributed by atoms with Gasteiger partial charge in [0.2, 0.25) is 11.9 Å². The lowest BCUT2D eigenvalue weighted by atomic mass is 10.0. The van der Waals surface area contributed by atoms with E-state index < -0.39 is 11.6 Å². The van der Waals surface area contributed by atoms with E-state index >= 15 is 0 Å². The zero-order chi connectivity index (χ0) is 28.0. The molecule has 0 spiro atoms. The predicted molar refractivity (Wildman–Crippen MR) is 149 cm³/mol. The number of halogens is 2. The van der Waals surface area contributed by atoms with Crippen molar-refractivity contribution in [1.82, 2.24) is 15.3 Å². The minimum absolute atomic E-state index is 0.0434. The largest absolute Gasteiger partial charge is 0.404 e. The van der Waals surface area contributed by atoms with Crippen LogP contribution in [-0.4, -0.2) is 54.8 Å². The van der Waals surface area contributed by atoms with Crippen LogP contribution in [0.15, 0.2) is 45.0 Å². The van der Waals surface area contributed by atoms with Crippen molar-refractivity contribution < 1.29 is 13.6 Å². The molecule has 13 heteroatoms. The van der Waals surface area contributed by atoms with Gasteiger partial charge in [0.15, 0.2) is 17.5 Å². The zero-order valence-electron chi connectivity index (χ0n) is 21.6. The third-order valence-corrected chi connectivity index (χ3v) is 6.28. The summed E-state index contributed by atoms with van der Waals surface area (Å²) in [6, 6.07) is 2.48. The Morgan fingerprint density at radius 3 is 2.45 bits per heavy atom. The first kappa shape index (κ1) is 28.6. The summed E-state index contributed by atoms with van der Waals surface area (Å²) >= 11 is 1.22. The van der Waals surface area contributed by atoms with Crippen LogP contribution in [0, 0.1) is 11.6 Å². The van der Waals surface area contributed by atoms with Gasteiger partial charge in [-0.15, -0.1) is 11.8 Å². The number of nitrogens with zero attached hydrogens (tertiary/aromatic N) is 5. The maximum absolute atomic E-state index is 15.0. The molecule has 1 amide bonds. The first-order valence-corrected chi connectivity index (χ1v) is 12.9. The molecular weight excluding hydrogens is 512 g/mol. The number of likely N-dealkylation sites (N-methyl/N-ethyl adjacent to an activating group) is 1. The van der Waals surface area contributed by atoms with Crippen LogP contribution in [-0.2, 0) is 4.79 Å². The Bertz CT molecular complexity index is 1310. The third kappa shape index (κ3) is 6.85. The predicted octanol–water partition coefficient (Wildman–Crippen LogP) is 3.09. The summed E-state index contributed by atoms with van der Waals surface area (Å²) < 4.78 is 30.0. The molecule has 3 rings (SSSR count). The molecule has 0 bridgehead atoms. The van der Waals surface area contributed by atoms with E-state index in [1.807, 2.05) is 0 Å². The molecule has 38 heavy (non-hydrogen) atoms. The number of thioether (sulfide) groups is 1. The molecule has 0 unspecified atom stereocenters. The van der Waals surface area contributed by atoms with Gasteiger partial charge in [-0.2, -0.15) is 4.98 Å². The highest BCUT2D eigenvalue weighted by Crippen LogP contribution is 2.47. The monoisotopic (exact) mass is 543 g/mol. The topological polar surface area (TPSA) is 161 Å². The Kier molecular flexibility index (Phi) is 9.40. The summed E-state index contributed by atoms with van der Waals surface area (Å²) in [6.07, 6.45) is 7.62. The SMILES string of the molecule is CNC(=O)CN=C/C(=C\N)c1nc(N(C)c2c(F)cc(SC)cc2F)nc(N=C(N)/C=C(/C)N)c1C1CC1. The number of nitrogens with two attached hydrogens (primary N) is 3. The molecule has 2 aromatic rings. The Morgan fingerprint density at radius 2 is 1.92 bits per heavy atom. The molecule has 10 nitrogen and oxygen atoms in total. The summed E-state index contributed by atoms with van der Waals surface area (Å²) in [5.41, 5.74) is 19.3. The number of allylic oxidation sites excluding steroid dienone is 2. The second kappa shape index (κ2) is 12.5. The lowest BCUT2D eigenvalue weighted by molar-refractivity contribution is -0.119. The van der Waals surface area contributed by atoms with E-state index in [4.69, 9.17) is 17.2 Å². The fourth-order valence-electron chi connectivity index (χ4n) is 3.61. The van der Waals surface area contributed by atoms with Gasteiger partial charge in [0, 0.05) is 48.2 Å². The number of benzene rings is 1. The molecular formula is C25H31F2N9OS. The van der Waals surface area contributed by atoms with Crippen molar-refractivity contribution >= 4 is 52.7 Å². The van der Waals surface area contributed by atoms with Crippen LogP contribution in [0.3, 0.4) is 0 Å². The number of amidine groups is 1. The Balaban J connectivity index is 2.24. The molecule has 1 aliphatic rings. The van der Waals surface area contributed by atoms with Crippen molar-refractivity contribution in [2.45, 2.75) is 30.6 Å². The Hall–Kier alpha value is -4.00. The van der Waals surface area contributed by atoms with Crippen molar-refractivity contribution in [2.75, 3.05) is 31.8 Å². The second-order valence-corrected chi connectivity index (χ2v) is 9.45. The van der Waals surface area contributed by atoms with Gasteiger partial charge in [0.25, 0.3) is 0 Å².